The van der Waals surface area contributed by atoms with Gasteiger partial charge in [0.1, 0.15) is 0 Å². The second-order valence-corrected chi connectivity index (χ2v) is 4.73. The lowest BCUT2D eigenvalue weighted by Gasteiger charge is -2.36. The molecule has 1 aliphatic rings. The van der Waals surface area contributed by atoms with Crippen molar-refractivity contribution < 1.29 is 4.74 Å². The van der Waals surface area contributed by atoms with Crippen LogP contribution in [0, 0.1) is 5.92 Å². The van der Waals surface area contributed by atoms with Crippen LogP contribution >= 0.6 is 0 Å². The Morgan fingerprint density at radius 2 is 2.14 bits per heavy atom. The van der Waals surface area contributed by atoms with Crippen LogP contribution in [0.1, 0.15) is 46.0 Å². The summed E-state index contributed by atoms with van der Waals surface area (Å²) in [5.41, 5.74) is 0. The van der Waals surface area contributed by atoms with Crippen LogP contribution in [0.5, 0.6) is 0 Å². The van der Waals surface area contributed by atoms with Crippen LogP contribution in [0.3, 0.4) is 0 Å². The highest BCUT2D eigenvalue weighted by Gasteiger charge is 2.26. The highest BCUT2D eigenvalue weighted by Crippen LogP contribution is 2.26. The van der Waals surface area contributed by atoms with E-state index in [1.54, 1.807) is 7.11 Å². The van der Waals surface area contributed by atoms with Crippen LogP contribution in [0.2, 0.25) is 0 Å². The molecular formula is C12H25NO. The molecule has 2 nitrogen and oxygen atoms in total. The van der Waals surface area contributed by atoms with Crippen molar-refractivity contribution in [1.82, 2.24) is 5.32 Å². The molecule has 0 aromatic heterocycles. The van der Waals surface area contributed by atoms with E-state index in [2.05, 4.69) is 19.2 Å². The Bertz CT molecular complexity index is 143. The summed E-state index contributed by atoms with van der Waals surface area (Å²) >= 11 is 0. The first-order chi connectivity index (χ1) is 6.76. The van der Waals surface area contributed by atoms with Gasteiger partial charge in [-0.1, -0.05) is 26.7 Å². The van der Waals surface area contributed by atoms with Gasteiger partial charge in [0.2, 0.25) is 0 Å². The zero-order chi connectivity index (χ0) is 10.4. The Morgan fingerprint density at radius 1 is 1.43 bits per heavy atom. The number of nitrogens with one attached hydrogen (secondary N) is 1. The normalized spacial score (nSPS) is 28.5. The minimum atomic E-state index is 0.581. The first-order valence-electron chi connectivity index (χ1n) is 6.01. The third-order valence-electron chi connectivity index (χ3n) is 3.12. The van der Waals surface area contributed by atoms with Crippen LogP contribution < -0.4 is 5.32 Å². The molecule has 1 rings (SSSR count). The maximum Gasteiger partial charge on any atom is 0.0615 e. The highest BCUT2D eigenvalue weighted by atomic mass is 16.5. The van der Waals surface area contributed by atoms with E-state index in [-0.39, 0.29) is 0 Å². The molecule has 1 unspecified atom stereocenters. The van der Waals surface area contributed by atoms with Crippen molar-refractivity contribution in [1.29, 1.82) is 0 Å². The van der Waals surface area contributed by atoms with Crippen molar-refractivity contribution in [2.24, 2.45) is 5.92 Å². The average Bonchev–Trinajstić information content (AvgIpc) is 2.12. The number of unbranched alkanes of at least 4 members (excludes halogenated alkanes) is 1. The Kier molecular flexibility index (Phi) is 5.49. The van der Waals surface area contributed by atoms with E-state index in [1.807, 2.05) is 0 Å². The molecule has 1 atom stereocenters. The van der Waals surface area contributed by atoms with Crippen LogP contribution in [0.15, 0.2) is 0 Å². The van der Waals surface area contributed by atoms with E-state index in [1.165, 1.54) is 32.1 Å². The molecule has 0 aliphatic heterocycles. The molecule has 1 fully saturated rings. The fraction of sp³-hybridized carbons (Fsp3) is 1.00. The van der Waals surface area contributed by atoms with Crippen LogP contribution in [0.25, 0.3) is 0 Å². The molecule has 0 heterocycles. The van der Waals surface area contributed by atoms with Crippen molar-refractivity contribution in [3.05, 3.63) is 0 Å². The van der Waals surface area contributed by atoms with Crippen molar-refractivity contribution in [2.45, 2.75) is 58.0 Å². The van der Waals surface area contributed by atoms with Crippen LogP contribution in [-0.2, 0) is 4.74 Å². The highest BCUT2D eigenvalue weighted by molar-refractivity contribution is 4.85. The van der Waals surface area contributed by atoms with Gasteiger partial charge in [0.25, 0.3) is 0 Å². The van der Waals surface area contributed by atoms with Crippen molar-refractivity contribution in [3.8, 4) is 0 Å². The molecule has 1 aliphatic carbocycles. The van der Waals surface area contributed by atoms with Crippen LogP contribution in [-0.4, -0.2) is 25.8 Å². The number of hydrogen-bond acceptors (Lipinski definition) is 2. The van der Waals surface area contributed by atoms with Gasteiger partial charge in [-0.25, -0.2) is 0 Å². The summed E-state index contributed by atoms with van der Waals surface area (Å²) in [6, 6.07) is 1.35. The molecule has 0 aromatic rings. The molecule has 1 N–H and O–H groups in total. The smallest absolute Gasteiger partial charge is 0.0615 e. The molecule has 0 amide bonds. The number of methoxy groups -OCH3 is 1. The summed E-state index contributed by atoms with van der Waals surface area (Å²) in [4.78, 5) is 0. The van der Waals surface area contributed by atoms with Gasteiger partial charge in [-0.15, -0.1) is 0 Å². The zero-order valence-corrected chi connectivity index (χ0v) is 9.88. The molecule has 2 heteroatoms. The van der Waals surface area contributed by atoms with E-state index < -0.39 is 0 Å². The van der Waals surface area contributed by atoms with E-state index in [9.17, 15) is 0 Å². The lowest BCUT2D eigenvalue weighted by Crippen LogP contribution is -2.47. The molecule has 0 aromatic carbocycles. The second kappa shape index (κ2) is 6.41. The quantitative estimate of drug-likeness (QED) is 0.680. The van der Waals surface area contributed by atoms with Crippen molar-refractivity contribution in [3.63, 3.8) is 0 Å². The molecule has 0 radical (unpaired) electrons. The topological polar surface area (TPSA) is 21.3 Å². The van der Waals surface area contributed by atoms with Crippen molar-refractivity contribution >= 4 is 0 Å². The summed E-state index contributed by atoms with van der Waals surface area (Å²) in [5.74, 6) is 0.932. The fourth-order valence-corrected chi connectivity index (χ4v) is 2.24. The third-order valence-corrected chi connectivity index (χ3v) is 3.12. The Hall–Kier alpha value is -0.0800. The molecular weight excluding hydrogens is 174 g/mol. The molecule has 0 spiro atoms. The summed E-state index contributed by atoms with van der Waals surface area (Å²) in [6.07, 6.45) is 6.56. The van der Waals surface area contributed by atoms with E-state index >= 15 is 0 Å². The Balaban J connectivity index is 2.14. The van der Waals surface area contributed by atoms with Gasteiger partial charge in [0.05, 0.1) is 6.61 Å². The van der Waals surface area contributed by atoms with Gasteiger partial charge in [0, 0.05) is 19.2 Å². The third kappa shape index (κ3) is 3.97. The van der Waals surface area contributed by atoms with E-state index in [0.717, 1.165) is 18.6 Å². The lowest BCUT2D eigenvalue weighted by atomic mass is 9.81. The average molecular weight is 199 g/mol. The standard InChI is InChI=1S/C12H25NO/c1-4-5-6-11(9-14-3)13-12-7-10(2)8-12/h10-13H,4-9H2,1-3H3. The number of hydrogen-bond donors (Lipinski definition) is 1. The second-order valence-electron chi connectivity index (χ2n) is 4.73. The predicted octanol–water partition coefficient (Wildman–Crippen LogP) is 2.58. The van der Waals surface area contributed by atoms with Crippen LogP contribution in [0.4, 0.5) is 0 Å². The summed E-state index contributed by atoms with van der Waals surface area (Å²) in [6.45, 7) is 5.44. The molecule has 14 heavy (non-hydrogen) atoms. The van der Waals surface area contributed by atoms with Gasteiger partial charge in [-0.3, -0.25) is 0 Å². The monoisotopic (exact) mass is 199 g/mol. The van der Waals surface area contributed by atoms with Gasteiger partial charge in [0.15, 0.2) is 0 Å². The maximum atomic E-state index is 5.23. The Labute approximate surface area is 88.4 Å². The fourth-order valence-electron chi connectivity index (χ4n) is 2.24. The van der Waals surface area contributed by atoms with E-state index in [0.29, 0.717) is 6.04 Å². The first kappa shape index (κ1) is 12.0. The first-order valence-corrected chi connectivity index (χ1v) is 6.01. The van der Waals surface area contributed by atoms with Gasteiger partial charge < -0.3 is 10.1 Å². The SMILES string of the molecule is CCCCC(COC)NC1CC(C)C1. The molecule has 0 bridgehead atoms. The molecule has 84 valence electrons. The summed E-state index contributed by atoms with van der Waals surface area (Å²) < 4.78 is 5.23. The van der Waals surface area contributed by atoms with E-state index in [4.69, 9.17) is 4.74 Å². The molecule has 1 saturated carbocycles. The van der Waals surface area contributed by atoms with Gasteiger partial charge >= 0.3 is 0 Å². The largest absolute Gasteiger partial charge is 0.383 e. The van der Waals surface area contributed by atoms with Gasteiger partial charge in [-0.05, 0) is 25.2 Å². The summed E-state index contributed by atoms with van der Waals surface area (Å²) in [7, 11) is 1.80. The summed E-state index contributed by atoms with van der Waals surface area (Å²) in [5, 5.41) is 3.69. The number of ether oxygens (including phenoxy) is 1. The lowest BCUT2D eigenvalue weighted by molar-refractivity contribution is 0.133. The van der Waals surface area contributed by atoms with Gasteiger partial charge in [-0.2, -0.15) is 0 Å². The minimum Gasteiger partial charge on any atom is -0.383 e. The predicted molar refractivity (Wildman–Crippen MR) is 60.5 cm³/mol. The zero-order valence-electron chi connectivity index (χ0n) is 9.88. The Morgan fingerprint density at radius 3 is 2.64 bits per heavy atom. The van der Waals surface area contributed by atoms with Crippen molar-refractivity contribution in [2.75, 3.05) is 13.7 Å². The number of rotatable bonds is 7. The minimum absolute atomic E-state index is 0.581. The maximum absolute atomic E-state index is 5.23. The molecule has 0 saturated heterocycles.